The standard InChI is InChI=1S/C13H17Br/c1-13(2)7-3-4-11-8-10(9-14)5-6-12(11)13/h5-6,8H,3-4,7,9H2,1-2H3. The fraction of sp³-hybridized carbons (Fsp3) is 0.538. The van der Waals surface area contributed by atoms with Crippen LogP contribution in [0.15, 0.2) is 18.2 Å². The molecule has 0 N–H and O–H groups in total. The van der Waals surface area contributed by atoms with Crippen LogP contribution in [0.2, 0.25) is 0 Å². The zero-order valence-corrected chi connectivity index (χ0v) is 10.5. The molecule has 0 amide bonds. The SMILES string of the molecule is CC1(C)CCCc2cc(CBr)ccc21. The van der Waals surface area contributed by atoms with Crippen LogP contribution in [0.25, 0.3) is 0 Å². The third-order valence-corrected chi connectivity index (χ3v) is 3.95. The summed E-state index contributed by atoms with van der Waals surface area (Å²) in [5, 5.41) is 0.973. The lowest BCUT2D eigenvalue weighted by Gasteiger charge is -2.32. The van der Waals surface area contributed by atoms with Crippen LogP contribution in [-0.4, -0.2) is 0 Å². The maximum absolute atomic E-state index is 3.51. The molecule has 1 aromatic carbocycles. The highest BCUT2D eigenvalue weighted by Crippen LogP contribution is 2.37. The predicted octanol–water partition coefficient (Wildman–Crippen LogP) is 4.20. The lowest BCUT2D eigenvalue weighted by Crippen LogP contribution is -2.23. The van der Waals surface area contributed by atoms with E-state index in [9.17, 15) is 0 Å². The Labute approximate surface area is 94.8 Å². The first-order valence-corrected chi connectivity index (χ1v) is 6.44. The van der Waals surface area contributed by atoms with Crippen molar-refractivity contribution in [2.24, 2.45) is 0 Å². The molecule has 0 saturated carbocycles. The van der Waals surface area contributed by atoms with Gasteiger partial charge >= 0.3 is 0 Å². The van der Waals surface area contributed by atoms with Gasteiger partial charge in [0.15, 0.2) is 0 Å². The molecule has 76 valence electrons. The zero-order valence-electron chi connectivity index (χ0n) is 8.94. The molecule has 0 bridgehead atoms. The highest BCUT2D eigenvalue weighted by Gasteiger charge is 2.26. The van der Waals surface area contributed by atoms with Gasteiger partial charge in [0.1, 0.15) is 0 Å². The van der Waals surface area contributed by atoms with Crippen LogP contribution in [-0.2, 0) is 17.2 Å². The number of benzene rings is 1. The van der Waals surface area contributed by atoms with E-state index in [4.69, 9.17) is 0 Å². The first-order valence-electron chi connectivity index (χ1n) is 5.32. The number of fused-ring (bicyclic) bond motifs is 1. The predicted molar refractivity (Wildman–Crippen MR) is 65.0 cm³/mol. The molecule has 2 rings (SSSR count). The molecule has 1 aliphatic rings. The number of aryl methyl sites for hydroxylation is 1. The number of halogens is 1. The minimum absolute atomic E-state index is 0.387. The van der Waals surface area contributed by atoms with Crippen molar-refractivity contribution in [2.75, 3.05) is 0 Å². The molecule has 0 heterocycles. The largest absolute Gasteiger partial charge is 0.0876 e. The van der Waals surface area contributed by atoms with Gasteiger partial charge in [-0.3, -0.25) is 0 Å². The molecule has 0 spiro atoms. The Morgan fingerprint density at radius 1 is 1.36 bits per heavy atom. The molecule has 0 fully saturated rings. The molecular formula is C13H17Br. The lowest BCUT2D eigenvalue weighted by atomic mass is 9.72. The quantitative estimate of drug-likeness (QED) is 0.658. The molecule has 1 heteroatoms. The van der Waals surface area contributed by atoms with Crippen LogP contribution in [0.3, 0.4) is 0 Å². The normalized spacial score (nSPS) is 19.1. The first kappa shape index (κ1) is 10.2. The highest BCUT2D eigenvalue weighted by molar-refractivity contribution is 9.08. The Hall–Kier alpha value is -0.300. The van der Waals surface area contributed by atoms with Crippen LogP contribution >= 0.6 is 15.9 Å². The molecule has 0 aliphatic heterocycles. The second kappa shape index (κ2) is 3.69. The second-order valence-electron chi connectivity index (χ2n) is 4.86. The van der Waals surface area contributed by atoms with Gasteiger partial charge in [-0.15, -0.1) is 0 Å². The number of rotatable bonds is 1. The monoisotopic (exact) mass is 252 g/mol. The Balaban J connectivity index is 2.46. The number of hydrogen-bond acceptors (Lipinski definition) is 0. The van der Waals surface area contributed by atoms with Gasteiger partial charge in [-0.1, -0.05) is 48.0 Å². The van der Waals surface area contributed by atoms with Gasteiger partial charge in [0.2, 0.25) is 0 Å². The number of alkyl halides is 1. The summed E-state index contributed by atoms with van der Waals surface area (Å²) in [6.07, 6.45) is 3.93. The smallest absolute Gasteiger partial charge is 0.0283 e. The lowest BCUT2D eigenvalue weighted by molar-refractivity contribution is 0.432. The van der Waals surface area contributed by atoms with E-state index in [-0.39, 0.29) is 0 Å². The summed E-state index contributed by atoms with van der Waals surface area (Å²) in [7, 11) is 0. The van der Waals surface area contributed by atoms with Gasteiger partial charge in [-0.25, -0.2) is 0 Å². The Morgan fingerprint density at radius 2 is 2.14 bits per heavy atom. The third-order valence-electron chi connectivity index (χ3n) is 3.30. The van der Waals surface area contributed by atoms with Crippen molar-refractivity contribution < 1.29 is 0 Å². The van der Waals surface area contributed by atoms with Crippen molar-refractivity contribution in [2.45, 2.75) is 43.9 Å². The molecule has 1 aromatic rings. The van der Waals surface area contributed by atoms with Gasteiger partial charge in [-0.2, -0.15) is 0 Å². The molecular weight excluding hydrogens is 236 g/mol. The Kier molecular flexibility index (Phi) is 2.70. The summed E-state index contributed by atoms with van der Waals surface area (Å²) >= 11 is 3.51. The van der Waals surface area contributed by atoms with Crippen molar-refractivity contribution in [1.29, 1.82) is 0 Å². The number of hydrogen-bond donors (Lipinski definition) is 0. The second-order valence-corrected chi connectivity index (χ2v) is 5.42. The van der Waals surface area contributed by atoms with E-state index in [1.807, 2.05) is 0 Å². The molecule has 0 atom stereocenters. The summed E-state index contributed by atoms with van der Waals surface area (Å²) in [6, 6.07) is 6.94. The van der Waals surface area contributed by atoms with Crippen LogP contribution in [0, 0.1) is 0 Å². The van der Waals surface area contributed by atoms with E-state index in [1.165, 1.54) is 24.8 Å². The fourth-order valence-electron chi connectivity index (χ4n) is 2.45. The summed E-state index contributed by atoms with van der Waals surface area (Å²) in [4.78, 5) is 0. The molecule has 0 unspecified atom stereocenters. The summed E-state index contributed by atoms with van der Waals surface area (Å²) < 4.78 is 0. The first-order chi connectivity index (χ1) is 6.63. The molecule has 0 nitrogen and oxygen atoms in total. The van der Waals surface area contributed by atoms with Crippen molar-refractivity contribution in [3.05, 3.63) is 34.9 Å². The summed E-state index contributed by atoms with van der Waals surface area (Å²) in [5.74, 6) is 0. The zero-order chi connectivity index (χ0) is 10.2. The molecule has 0 radical (unpaired) electrons. The van der Waals surface area contributed by atoms with Crippen molar-refractivity contribution >= 4 is 15.9 Å². The van der Waals surface area contributed by atoms with E-state index in [2.05, 4.69) is 48.0 Å². The van der Waals surface area contributed by atoms with E-state index < -0.39 is 0 Å². The van der Waals surface area contributed by atoms with Crippen molar-refractivity contribution in [3.8, 4) is 0 Å². The average molecular weight is 253 g/mol. The van der Waals surface area contributed by atoms with Crippen LogP contribution in [0.5, 0.6) is 0 Å². The van der Waals surface area contributed by atoms with Gasteiger partial charge < -0.3 is 0 Å². The van der Waals surface area contributed by atoms with Crippen LogP contribution < -0.4 is 0 Å². The summed E-state index contributed by atoms with van der Waals surface area (Å²) in [5.41, 5.74) is 4.92. The Morgan fingerprint density at radius 3 is 2.86 bits per heavy atom. The van der Waals surface area contributed by atoms with Crippen molar-refractivity contribution in [1.82, 2.24) is 0 Å². The van der Waals surface area contributed by atoms with E-state index in [0.29, 0.717) is 5.41 Å². The van der Waals surface area contributed by atoms with Gasteiger partial charge in [0.05, 0.1) is 0 Å². The van der Waals surface area contributed by atoms with Crippen molar-refractivity contribution in [3.63, 3.8) is 0 Å². The maximum atomic E-state index is 3.51. The van der Waals surface area contributed by atoms with E-state index in [1.54, 1.807) is 11.1 Å². The topological polar surface area (TPSA) is 0 Å². The molecule has 1 aliphatic carbocycles. The average Bonchev–Trinajstić information content (AvgIpc) is 2.16. The fourth-order valence-corrected chi connectivity index (χ4v) is 2.80. The van der Waals surface area contributed by atoms with Crippen LogP contribution in [0.1, 0.15) is 43.4 Å². The minimum atomic E-state index is 0.387. The van der Waals surface area contributed by atoms with Gasteiger partial charge in [0.25, 0.3) is 0 Å². The highest BCUT2D eigenvalue weighted by atomic mass is 79.9. The molecule has 14 heavy (non-hydrogen) atoms. The van der Waals surface area contributed by atoms with Gasteiger partial charge in [-0.05, 0) is 41.4 Å². The molecule has 0 saturated heterocycles. The van der Waals surface area contributed by atoms with E-state index >= 15 is 0 Å². The van der Waals surface area contributed by atoms with Gasteiger partial charge in [0, 0.05) is 5.33 Å². The van der Waals surface area contributed by atoms with E-state index in [0.717, 1.165) is 5.33 Å². The molecule has 0 aromatic heterocycles. The maximum Gasteiger partial charge on any atom is 0.0283 e. The minimum Gasteiger partial charge on any atom is -0.0876 e. The Bertz CT molecular complexity index is 339. The van der Waals surface area contributed by atoms with Crippen LogP contribution in [0.4, 0.5) is 0 Å². The third kappa shape index (κ3) is 1.75. The summed E-state index contributed by atoms with van der Waals surface area (Å²) in [6.45, 7) is 4.72.